The van der Waals surface area contributed by atoms with Crippen LogP contribution in [0.15, 0.2) is 53.4 Å². The highest BCUT2D eigenvalue weighted by molar-refractivity contribution is 7.99. The summed E-state index contributed by atoms with van der Waals surface area (Å²) in [7, 11) is 0. The van der Waals surface area contributed by atoms with Crippen LogP contribution in [0, 0.1) is 6.92 Å². The molecule has 0 aromatic heterocycles. The molecule has 2 aromatic rings. The summed E-state index contributed by atoms with van der Waals surface area (Å²) in [5.41, 5.74) is 3.14. The molecule has 0 aliphatic carbocycles. The molecule has 3 rings (SSSR count). The molecular formula is C21H24N2O2S. The van der Waals surface area contributed by atoms with Crippen molar-refractivity contribution in [2.75, 3.05) is 23.7 Å². The fourth-order valence-electron chi connectivity index (χ4n) is 2.96. The van der Waals surface area contributed by atoms with Gasteiger partial charge in [0, 0.05) is 35.8 Å². The van der Waals surface area contributed by atoms with Crippen LogP contribution in [0.25, 0.3) is 0 Å². The highest BCUT2D eigenvalue weighted by Crippen LogP contribution is 2.21. The summed E-state index contributed by atoms with van der Waals surface area (Å²) in [6, 6.07) is 16.1. The van der Waals surface area contributed by atoms with Crippen LogP contribution in [0.4, 0.5) is 5.69 Å². The maximum Gasteiger partial charge on any atom is 0.227 e. The van der Waals surface area contributed by atoms with E-state index in [0.29, 0.717) is 19.4 Å². The van der Waals surface area contributed by atoms with Crippen molar-refractivity contribution in [3.05, 3.63) is 59.7 Å². The van der Waals surface area contributed by atoms with Gasteiger partial charge in [-0.15, -0.1) is 11.8 Å². The normalized spacial score (nSPS) is 13.9. The van der Waals surface area contributed by atoms with Crippen molar-refractivity contribution in [3.63, 3.8) is 0 Å². The predicted molar refractivity (Wildman–Crippen MR) is 107 cm³/mol. The molecule has 1 heterocycles. The highest BCUT2D eigenvalue weighted by Gasteiger charge is 2.21. The molecule has 1 saturated heterocycles. The van der Waals surface area contributed by atoms with Gasteiger partial charge >= 0.3 is 0 Å². The van der Waals surface area contributed by atoms with Crippen molar-refractivity contribution >= 4 is 29.3 Å². The first kappa shape index (κ1) is 18.5. The molecule has 1 fully saturated rings. The third-order valence-electron chi connectivity index (χ3n) is 4.40. The molecule has 0 unspecified atom stereocenters. The Balaban J connectivity index is 1.40. The molecule has 136 valence electrons. The summed E-state index contributed by atoms with van der Waals surface area (Å²) in [6.45, 7) is 3.51. The summed E-state index contributed by atoms with van der Waals surface area (Å²) in [5, 5.41) is 2.97. The van der Waals surface area contributed by atoms with Crippen LogP contribution in [0.2, 0.25) is 0 Å². The number of aryl methyl sites for hydroxylation is 1. The van der Waals surface area contributed by atoms with Crippen LogP contribution >= 0.6 is 11.8 Å². The molecule has 4 nitrogen and oxygen atoms in total. The smallest absolute Gasteiger partial charge is 0.227 e. The van der Waals surface area contributed by atoms with E-state index in [1.807, 2.05) is 29.2 Å². The van der Waals surface area contributed by atoms with E-state index in [2.05, 4.69) is 36.5 Å². The van der Waals surface area contributed by atoms with Crippen molar-refractivity contribution in [2.24, 2.45) is 0 Å². The Kier molecular flexibility index (Phi) is 6.34. The fourth-order valence-corrected chi connectivity index (χ4v) is 3.72. The number of nitrogens with one attached hydrogen (secondary N) is 1. The van der Waals surface area contributed by atoms with Crippen molar-refractivity contribution in [3.8, 4) is 0 Å². The van der Waals surface area contributed by atoms with Gasteiger partial charge in [-0.1, -0.05) is 29.8 Å². The van der Waals surface area contributed by atoms with E-state index in [0.717, 1.165) is 30.0 Å². The van der Waals surface area contributed by atoms with Crippen molar-refractivity contribution in [1.29, 1.82) is 0 Å². The zero-order valence-corrected chi connectivity index (χ0v) is 15.8. The molecule has 1 aliphatic heterocycles. The minimum atomic E-state index is 0.0273. The number of carbonyl (C=O) groups is 2. The Morgan fingerprint density at radius 2 is 1.85 bits per heavy atom. The van der Waals surface area contributed by atoms with Gasteiger partial charge in [-0.05, 0) is 43.2 Å². The van der Waals surface area contributed by atoms with E-state index in [9.17, 15) is 9.59 Å². The first-order valence-electron chi connectivity index (χ1n) is 8.97. The second-order valence-electron chi connectivity index (χ2n) is 6.50. The van der Waals surface area contributed by atoms with E-state index in [1.54, 1.807) is 11.8 Å². The lowest BCUT2D eigenvalue weighted by Crippen LogP contribution is -2.27. The van der Waals surface area contributed by atoms with E-state index < -0.39 is 0 Å². The van der Waals surface area contributed by atoms with Crippen LogP contribution < -0.4 is 10.2 Å². The Hall–Kier alpha value is -2.27. The molecule has 26 heavy (non-hydrogen) atoms. The lowest BCUT2D eigenvalue weighted by Gasteiger charge is -2.15. The summed E-state index contributed by atoms with van der Waals surface area (Å²) >= 11 is 1.74. The molecule has 0 spiro atoms. The Morgan fingerprint density at radius 1 is 1.12 bits per heavy atom. The minimum Gasteiger partial charge on any atom is -0.355 e. The molecule has 2 amide bonds. The quantitative estimate of drug-likeness (QED) is 0.600. The van der Waals surface area contributed by atoms with Gasteiger partial charge < -0.3 is 10.2 Å². The summed E-state index contributed by atoms with van der Waals surface area (Å²) < 4.78 is 0. The maximum atomic E-state index is 12.1. The zero-order valence-electron chi connectivity index (χ0n) is 15.0. The number of hydrogen-bond donors (Lipinski definition) is 1. The summed E-state index contributed by atoms with van der Waals surface area (Å²) in [5.74, 6) is 1.06. The fraction of sp³-hybridized carbons (Fsp3) is 0.333. The van der Waals surface area contributed by atoms with Crippen molar-refractivity contribution in [1.82, 2.24) is 5.32 Å². The third kappa shape index (κ3) is 5.11. The molecule has 5 heteroatoms. The topological polar surface area (TPSA) is 49.4 Å². The highest BCUT2D eigenvalue weighted by atomic mass is 32.2. The van der Waals surface area contributed by atoms with E-state index >= 15 is 0 Å². The van der Waals surface area contributed by atoms with Crippen LogP contribution in [-0.2, 0) is 16.0 Å². The lowest BCUT2D eigenvalue weighted by molar-refractivity contribution is -0.120. The molecular weight excluding hydrogens is 344 g/mol. The van der Waals surface area contributed by atoms with Crippen LogP contribution in [-0.4, -0.2) is 30.7 Å². The Bertz CT molecular complexity index is 757. The lowest BCUT2D eigenvalue weighted by atomic mass is 10.1. The second-order valence-corrected chi connectivity index (χ2v) is 7.67. The Labute approximate surface area is 159 Å². The number of thioether (sulfide) groups is 1. The molecule has 0 bridgehead atoms. The zero-order chi connectivity index (χ0) is 18.4. The molecule has 1 N–H and O–H groups in total. The molecule has 0 radical (unpaired) electrons. The number of rotatable bonds is 7. The maximum absolute atomic E-state index is 12.1. The van der Waals surface area contributed by atoms with Crippen LogP contribution in [0.5, 0.6) is 0 Å². The van der Waals surface area contributed by atoms with Gasteiger partial charge in [0.25, 0.3) is 0 Å². The van der Waals surface area contributed by atoms with Gasteiger partial charge in [-0.3, -0.25) is 9.59 Å². The number of hydrogen-bond acceptors (Lipinski definition) is 3. The van der Waals surface area contributed by atoms with E-state index in [4.69, 9.17) is 0 Å². The number of carbonyl (C=O) groups excluding carboxylic acids is 2. The van der Waals surface area contributed by atoms with Crippen molar-refractivity contribution in [2.45, 2.75) is 31.1 Å². The Morgan fingerprint density at radius 3 is 2.50 bits per heavy atom. The van der Waals surface area contributed by atoms with E-state index in [1.165, 1.54) is 10.5 Å². The number of nitrogens with zero attached hydrogens (tertiary/aromatic N) is 1. The standard InChI is InChI=1S/C21H24N2O2S/c1-16-4-10-19(11-5-16)26-14-12-22-20(24)15-17-6-8-18(9-7-17)23-13-2-3-21(23)25/h4-11H,2-3,12-15H2,1H3,(H,22,24). The van der Waals surface area contributed by atoms with Gasteiger partial charge in [0.05, 0.1) is 6.42 Å². The SMILES string of the molecule is Cc1ccc(SCCNC(=O)Cc2ccc(N3CCCC3=O)cc2)cc1. The van der Waals surface area contributed by atoms with E-state index in [-0.39, 0.29) is 11.8 Å². The second kappa shape index (κ2) is 8.90. The average molecular weight is 369 g/mol. The van der Waals surface area contributed by atoms with Gasteiger partial charge in [-0.25, -0.2) is 0 Å². The first-order valence-corrected chi connectivity index (χ1v) is 9.96. The first-order chi connectivity index (χ1) is 12.6. The number of anilines is 1. The molecule has 0 atom stereocenters. The average Bonchev–Trinajstić information content (AvgIpc) is 3.07. The number of benzene rings is 2. The molecule has 0 saturated carbocycles. The van der Waals surface area contributed by atoms with Gasteiger partial charge in [0.2, 0.25) is 11.8 Å². The predicted octanol–water partition coefficient (Wildman–Crippen LogP) is 3.57. The van der Waals surface area contributed by atoms with Gasteiger partial charge in [-0.2, -0.15) is 0 Å². The minimum absolute atomic E-state index is 0.0273. The van der Waals surface area contributed by atoms with Gasteiger partial charge in [0.1, 0.15) is 0 Å². The third-order valence-corrected chi connectivity index (χ3v) is 5.41. The molecule has 1 aliphatic rings. The summed E-state index contributed by atoms with van der Waals surface area (Å²) in [4.78, 5) is 26.9. The number of amides is 2. The van der Waals surface area contributed by atoms with Crippen LogP contribution in [0.3, 0.4) is 0 Å². The van der Waals surface area contributed by atoms with Crippen molar-refractivity contribution < 1.29 is 9.59 Å². The van der Waals surface area contributed by atoms with Crippen LogP contribution in [0.1, 0.15) is 24.0 Å². The van der Waals surface area contributed by atoms with Gasteiger partial charge in [0.15, 0.2) is 0 Å². The largest absolute Gasteiger partial charge is 0.355 e. The summed E-state index contributed by atoms with van der Waals surface area (Å²) in [6.07, 6.45) is 1.91. The monoisotopic (exact) mass is 368 g/mol. The molecule has 2 aromatic carbocycles.